The number of hydrogen-bond acceptors (Lipinski definition) is 1. The Morgan fingerprint density at radius 3 is 2.50 bits per heavy atom. The van der Waals surface area contributed by atoms with Crippen molar-refractivity contribution in [3.05, 3.63) is 33.8 Å². The molecule has 0 aromatic heterocycles. The van der Waals surface area contributed by atoms with Gasteiger partial charge in [0.05, 0.1) is 10.0 Å². The highest BCUT2D eigenvalue weighted by Gasteiger charge is 2.15. The van der Waals surface area contributed by atoms with Gasteiger partial charge in [0, 0.05) is 6.04 Å². The predicted octanol–water partition coefficient (Wildman–Crippen LogP) is 5.47. The lowest BCUT2D eigenvalue weighted by molar-refractivity contribution is 0.441. The SMILES string of the molecule is CCCNC(CCC(C)C)c1cccc(Cl)c1Cl. The molecular weight excluding hydrogens is 265 g/mol. The van der Waals surface area contributed by atoms with Gasteiger partial charge in [-0.15, -0.1) is 0 Å². The summed E-state index contributed by atoms with van der Waals surface area (Å²) in [5.74, 6) is 0.703. The van der Waals surface area contributed by atoms with Gasteiger partial charge in [-0.25, -0.2) is 0 Å². The first kappa shape index (κ1) is 15.8. The quantitative estimate of drug-likeness (QED) is 0.701. The van der Waals surface area contributed by atoms with Crippen LogP contribution in [-0.4, -0.2) is 6.54 Å². The van der Waals surface area contributed by atoms with E-state index in [1.807, 2.05) is 12.1 Å². The molecule has 1 atom stereocenters. The number of benzene rings is 1. The summed E-state index contributed by atoms with van der Waals surface area (Å²) in [5, 5.41) is 4.90. The predicted molar refractivity (Wildman–Crippen MR) is 81.6 cm³/mol. The van der Waals surface area contributed by atoms with E-state index < -0.39 is 0 Å². The molecule has 0 saturated carbocycles. The Hall–Kier alpha value is -0.240. The molecule has 0 aliphatic rings. The van der Waals surface area contributed by atoms with Crippen LogP contribution in [0, 0.1) is 5.92 Å². The Bertz CT molecular complexity index is 364. The van der Waals surface area contributed by atoms with E-state index in [2.05, 4.69) is 32.2 Å². The Labute approximate surface area is 121 Å². The normalized spacial score (nSPS) is 13.0. The van der Waals surface area contributed by atoms with Crippen LogP contribution in [-0.2, 0) is 0 Å². The van der Waals surface area contributed by atoms with Crippen molar-refractivity contribution in [3.8, 4) is 0 Å². The van der Waals surface area contributed by atoms with E-state index in [4.69, 9.17) is 23.2 Å². The summed E-state index contributed by atoms with van der Waals surface area (Å²) in [5.41, 5.74) is 1.12. The molecule has 18 heavy (non-hydrogen) atoms. The zero-order valence-electron chi connectivity index (χ0n) is 11.5. The average molecular weight is 288 g/mol. The maximum absolute atomic E-state index is 6.31. The average Bonchev–Trinajstić information content (AvgIpc) is 2.33. The standard InChI is InChI=1S/C15H23Cl2N/c1-4-10-18-14(9-8-11(2)3)12-6-5-7-13(16)15(12)17/h5-7,11,14,18H,4,8-10H2,1-3H3. The smallest absolute Gasteiger partial charge is 0.0640 e. The largest absolute Gasteiger partial charge is 0.310 e. The van der Waals surface area contributed by atoms with Gasteiger partial charge in [-0.1, -0.05) is 56.1 Å². The van der Waals surface area contributed by atoms with Gasteiger partial charge >= 0.3 is 0 Å². The number of halogens is 2. The van der Waals surface area contributed by atoms with E-state index in [1.165, 1.54) is 6.42 Å². The molecule has 1 unspecified atom stereocenters. The molecule has 1 rings (SSSR count). The molecule has 0 saturated heterocycles. The molecule has 0 amide bonds. The van der Waals surface area contributed by atoms with Crippen LogP contribution in [0.5, 0.6) is 0 Å². The van der Waals surface area contributed by atoms with Gasteiger partial charge in [-0.05, 0) is 43.4 Å². The second-order valence-electron chi connectivity index (χ2n) is 5.12. The molecule has 0 bridgehead atoms. The molecule has 0 aliphatic carbocycles. The van der Waals surface area contributed by atoms with Crippen LogP contribution in [0.4, 0.5) is 0 Å². The topological polar surface area (TPSA) is 12.0 Å². The molecule has 0 aliphatic heterocycles. The van der Waals surface area contributed by atoms with Crippen LogP contribution in [0.15, 0.2) is 18.2 Å². The van der Waals surface area contributed by atoms with Crippen molar-refractivity contribution in [2.45, 2.75) is 46.1 Å². The Morgan fingerprint density at radius 1 is 1.17 bits per heavy atom. The van der Waals surface area contributed by atoms with Crippen molar-refractivity contribution in [2.24, 2.45) is 5.92 Å². The van der Waals surface area contributed by atoms with Crippen LogP contribution in [0.25, 0.3) is 0 Å². The maximum atomic E-state index is 6.31. The lowest BCUT2D eigenvalue weighted by Crippen LogP contribution is -2.23. The third-order valence-corrected chi connectivity index (χ3v) is 3.86. The molecule has 1 N–H and O–H groups in total. The van der Waals surface area contributed by atoms with E-state index in [-0.39, 0.29) is 0 Å². The van der Waals surface area contributed by atoms with Crippen LogP contribution >= 0.6 is 23.2 Å². The molecule has 1 aromatic carbocycles. The fraction of sp³-hybridized carbons (Fsp3) is 0.600. The summed E-state index contributed by atoms with van der Waals surface area (Å²) >= 11 is 12.4. The maximum Gasteiger partial charge on any atom is 0.0640 e. The third kappa shape index (κ3) is 4.79. The van der Waals surface area contributed by atoms with Gasteiger partial charge in [0.2, 0.25) is 0 Å². The highest BCUT2D eigenvalue weighted by atomic mass is 35.5. The first-order valence-corrected chi connectivity index (χ1v) is 7.49. The van der Waals surface area contributed by atoms with Crippen molar-refractivity contribution < 1.29 is 0 Å². The van der Waals surface area contributed by atoms with E-state index in [0.29, 0.717) is 22.0 Å². The lowest BCUT2D eigenvalue weighted by atomic mass is 9.97. The van der Waals surface area contributed by atoms with E-state index in [1.54, 1.807) is 0 Å². The van der Waals surface area contributed by atoms with Gasteiger partial charge in [0.15, 0.2) is 0 Å². The summed E-state index contributed by atoms with van der Waals surface area (Å²) in [6, 6.07) is 6.19. The molecule has 0 spiro atoms. The van der Waals surface area contributed by atoms with E-state index in [9.17, 15) is 0 Å². The van der Waals surface area contributed by atoms with E-state index in [0.717, 1.165) is 24.9 Å². The fourth-order valence-electron chi connectivity index (χ4n) is 1.98. The summed E-state index contributed by atoms with van der Waals surface area (Å²) in [6.45, 7) is 7.67. The van der Waals surface area contributed by atoms with Crippen molar-refractivity contribution >= 4 is 23.2 Å². The molecule has 1 aromatic rings. The van der Waals surface area contributed by atoms with Crippen molar-refractivity contribution in [3.63, 3.8) is 0 Å². The van der Waals surface area contributed by atoms with Gasteiger partial charge in [-0.2, -0.15) is 0 Å². The summed E-state index contributed by atoms with van der Waals surface area (Å²) in [7, 11) is 0. The Kier molecular flexibility index (Phi) is 7.06. The first-order valence-electron chi connectivity index (χ1n) is 6.73. The van der Waals surface area contributed by atoms with Crippen molar-refractivity contribution in [1.82, 2.24) is 5.32 Å². The summed E-state index contributed by atoms with van der Waals surface area (Å²) in [4.78, 5) is 0. The molecule has 1 nitrogen and oxygen atoms in total. The zero-order chi connectivity index (χ0) is 13.5. The second kappa shape index (κ2) is 8.04. The minimum absolute atomic E-state index is 0.304. The van der Waals surface area contributed by atoms with Gasteiger partial charge in [0.25, 0.3) is 0 Å². The highest BCUT2D eigenvalue weighted by molar-refractivity contribution is 6.42. The van der Waals surface area contributed by atoms with Crippen LogP contribution in [0.2, 0.25) is 10.0 Å². The number of nitrogens with one attached hydrogen (secondary N) is 1. The molecule has 0 radical (unpaired) electrons. The van der Waals surface area contributed by atoms with Crippen LogP contribution in [0.1, 0.15) is 51.6 Å². The monoisotopic (exact) mass is 287 g/mol. The molecule has 102 valence electrons. The van der Waals surface area contributed by atoms with Crippen molar-refractivity contribution in [1.29, 1.82) is 0 Å². The first-order chi connectivity index (χ1) is 8.56. The minimum atomic E-state index is 0.304. The Balaban J connectivity index is 2.83. The molecule has 0 fully saturated rings. The summed E-state index contributed by atoms with van der Waals surface area (Å²) < 4.78 is 0. The van der Waals surface area contributed by atoms with Crippen LogP contribution in [0.3, 0.4) is 0 Å². The Morgan fingerprint density at radius 2 is 1.89 bits per heavy atom. The minimum Gasteiger partial charge on any atom is -0.310 e. The van der Waals surface area contributed by atoms with Crippen LogP contribution < -0.4 is 5.32 Å². The highest BCUT2D eigenvalue weighted by Crippen LogP contribution is 2.32. The van der Waals surface area contributed by atoms with E-state index >= 15 is 0 Å². The fourth-order valence-corrected chi connectivity index (χ4v) is 2.42. The third-order valence-electron chi connectivity index (χ3n) is 3.03. The summed E-state index contributed by atoms with van der Waals surface area (Å²) in [6.07, 6.45) is 3.40. The van der Waals surface area contributed by atoms with Gasteiger partial charge in [0.1, 0.15) is 0 Å². The molecule has 3 heteroatoms. The second-order valence-corrected chi connectivity index (χ2v) is 5.91. The van der Waals surface area contributed by atoms with Crippen molar-refractivity contribution in [2.75, 3.05) is 6.54 Å². The molecular formula is C15H23Cl2N. The number of hydrogen-bond donors (Lipinski definition) is 1. The zero-order valence-corrected chi connectivity index (χ0v) is 13.0. The molecule has 0 heterocycles. The lowest BCUT2D eigenvalue weighted by Gasteiger charge is -2.21. The van der Waals surface area contributed by atoms with Gasteiger partial charge < -0.3 is 5.32 Å². The van der Waals surface area contributed by atoms with Gasteiger partial charge in [-0.3, -0.25) is 0 Å². The number of rotatable bonds is 7.